The molecule has 0 aliphatic carbocycles. The van der Waals surface area contributed by atoms with E-state index in [2.05, 4.69) is 11.4 Å². The fraction of sp³-hybridized carbons (Fsp3) is 0.500. The van der Waals surface area contributed by atoms with Crippen molar-refractivity contribution in [3.63, 3.8) is 0 Å². The van der Waals surface area contributed by atoms with E-state index in [1.165, 1.54) is 0 Å². The minimum atomic E-state index is -0.988. The zero-order valence-electron chi connectivity index (χ0n) is 14.3. The summed E-state index contributed by atoms with van der Waals surface area (Å²) < 4.78 is 5.13. The molecule has 0 unspecified atom stereocenters. The zero-order valence-corrected chi connectivity index (χ0v) is 14.3. The van der Waals surface area contributed by atoms with Crippen LogP contribution >= 0.6 is 0 Å². The molecule has 1 amide bonds. The Bertz CT molecular complexity index is 602. The largest absolute Gasteiger partial charge is 0.455 e. The summed E-state index contributed by atoms with van der Waals surface area (Å²) in [4.78, 5) is 24.2. The number of nitriles is 1. The Kier molecular flexibility index (Phi) is 5.91. The van der Waals surface area contributed by atoms with E-state index < -0.39 is 29.4 Å². The van der Waals surface area contributed by atoms with Crippen LogP contribution in [0.25, 0.3) is 0 Å². The second-order valence-electron chi connectivity index (χ2n) is 6.58. The number of ether oxygens (including phenoxy) is 1. The third kappa shape index (κ3) is 4.56. The SMILES string of the molecule is CC(C)[C@](C)(C#N)NC(=O)COC(=O)C(C)(C)c1ccccc1. The maximum Gasteiger partial charge on any atom is 0.316 e. The van der Waals surface area contributed by atoms with E-state index in [1.54, 1.807) is 20.8 Å². The molecule has 23 heavy (non-hydrogen) atoms. The van der Waals surface area contributed by atoms with E-state index in [1.807, 2.05) is 44.2 Å². The first-order chi connectivity index (χ1) is 10.6. The highest BCUT2D eigenvalue weighted by Crippen LogP contribution is 2.24. The molecule has 0 radical (unpaired) electrons. The number of carbonyl (C=O) groups is 2. The van der Waals surface area contributed by atoms with E-state index >= 15 is 0 Å². The summed E-state index contributed by atoms with van der Waals surface area (Å²) in [6, 6.07) is 11.3. The number of hydrogen-bond acceptors (Lipinski definition) is 4. The maximum atomic E-state index is 12.3. The standard InChI is InChI=1S/C18H24N2O3/c1-13(2)18(5,12-19)20-15(21)11-23-16(22)17(3,4)14-9-7-6-8-10-14/h6-10,13H,11H2,1-5H3,(H,20,21)/t18-/m0/s1. The van der Waals surface area contributed by atoms with Gasteiger partial charge in [0.05, 0.1) is 11.5 Å². The molecule has 5 nitrogen and oxygen atoms in total. The monoisotopic (exact) mass is 316 g/mol. The van der Waals surface area contributed by atoms with Crippen LogP contribution in [0.1, 0.15) is 40.2 Å². The molecule has 1 atom stereocenters. The van der Waals surface area contributed by atoms with Crippen LogP contribution in [0.5, 0.6) is 0 Å². The van der Waals surface area contributed by atoms with Gasteiger partial charge < -0.3 is 10.1 Å². The fourth-order valence-electron chi connectivity index (χ4n) is 1.91. The lowest BCUT2D eigenvalue weighted by atomic mass is 9.85. The molecule has 0 bridgehead atoms. The van der Waals surface area contributed by atoms with Crippen molar-refractivity contribution in [2.45, 2.75) is 45.6 Å². The highest BCUT2D eigenvalue weighted by molar-refractivity contribution is 5.86. The number of nitrogens with one attached hydrogen (secondary N) is 1. The molecule has 0 saturated carbocycles. The molecule has 1 aromatic carbocycles. The number of esters is 1. The molecule has 1 N–H and O–H groups in total. The number of benzene rings is 1. The Morgan fingerprint density at radius 3 is 2.26 bits per heavy atom. The van der Waals surface area contributed by atoms with Crippen molar-refractivity contribution < 1.29 is 14.3 Å². The molecule has 0 fully saturated rings. The maximum absolute atomic E-state index is 12.3. The topological polar surface area (TPSA) is 79.2 Å². The molecule has 0 saturated heterocycles. The Morgan fingerprint density at radius 2 is 1.78 bits per heavy atom. The Labute approximate surface area is 137 Å². The number of carbonyl (C=O) groups excluding carboxylic acids is 2. The Hall–Kier alpha value is -2.35. The van der Waals surface area contributed by atoms with E-state index in [-0.39, 0.29) is 5.92 Å². The lowest BCUT2D eigenvalue weighted by molar-refractivity contribution is -0.153. The van der Waals surface area contributed by atoms with Crippen molar-refractivity contribution in [1.29, 1.82) is 5.26 Å². The van der Waals surface area contributed by atoms with Gasteiger partial charge in [0.15, 0.2) is 6.61 Å². The number of nitrogens with zero attached hydrogens (tertiary/aromatic N) is 1. The zero-order chi connectivity index (χ0) is 17.7. The number of rotatable bonds is 6. The predicted octanol–water partition coefficient (Wildman–Crippen LogP) is 2.56. The van der Waals surface area contributed by atoms with Gasteiger partial charge in [0, 0.05) is 0 Å². The molecule has 1 rings (SSSR count). The fourth-order valence-corrected chi connectivity index (χ4v) is 1.91. The summed E-state index contributed by atoms with van der Waals surface area (Å²) in [5.41, 5.74) is -1.02. The van der Waals surface area contributed by atoms with Crippen LogP contribution < -0.4 is 5.32 Å². The van der Waals surface area contributed by atoms with Gasteiger partial charge in [-0.3, -0.25) is 9.59 Å². The first-order valence-electron chi connectivity index (χ1n) is 7.58. The van der Waals surface area contributed by atoms with Crippen LogP contribution in [0, 0.1) is 17.2 Å². The number of hydrogen-bond donors (Lipinski definition) is 1. The van der Waals surface area contributed by atoms with Crippen molar-refractivity contribution in [3.8, 4) is 6.07 Å². The van der Waals surface area contributed by atoms with Gasteiger partial charge in [0.2, 0.25) is 0 Å². The molecule has 0 heterocycles. The van der Waals surface area contributed by atoms with Crippen molar-refractivity contribution in [1.82, 2.24) is 5.32 Å². The van der Waals surface area contributed by atoms with Crippen LogP contribution in [0.2, 0.25) is 0 Å². The van der Waals surface area contributed by atoms with Gasteiger partial charge in [-0.25, -0.2) is 0 Å². The van der Waals surface area contributed by atoms with Crippen molar-refractivity contribution in [2.75, 3.05) is 6.61 Å². The minimum Gasteiger partial charge on any atom is -0.455 e. The van der Waals surface area contributed by atoms with Crippen LogP contribution in [0.15, 0.2) is 30.3 Å². The third-order valence-corrected chi connectivity index (χ3v) is 4.13. The summed E-state index contributed by atoms with van der Waals surface area (Å²) in [7, 11) is 0. The molecule has 0 spiro atoms. The first kappa shape index (κ1) is 18.7. The van der Waals surface area contributed by atoms with Gasteiger partial charge in [-0.05, 0) is 32.3 Å². The van der Waals surface area contributed by atoms with E-state index in [0.29, 0.717) is 0 Å². The normalized spacial score (nSPS) is 13.8. The summed E-state index contributed by atoms with van der Waals surface area (Å²) in [5, 5.41) is 11.8. The van der Waals surface area contributed by atoms with Gasteiger partial charge >= 0.3 is 5.97 Å². The van der Waals surface area contributed by atoms with Gasteiger partial charge in [-0.2, -0.15) is 5.26 Å². The van der Waals surface area contributed by atoms with Gasteiger partial charge in [-0.1, -0.05) is 44.2 Å². The first-order valence-corrected chi connectivity index (χ1v) is 7.58. The van der Waals surface area contributed by atoms with Gasteiger partial charge in [0.25, 0.3) is 5.91 Å². The highest BCUT2D eigenvalue weighted by Gasteiger charge is 2.33. The lowest BCUT2D eigenvalue weighted by Gasteiger charge is -2.28. The summed E-state index contributed by atoms with van der Waals surface area (Å²) in [5.74, 6) is -1.03. The van der Waals surface area contributed by atoms with E-state index in [0.717, 1.165) is 5.56 Å². The average Bonchev–Trinajstić information content (AvgIpc) is 2.52. The molecule has 124 valence electrons. The van der Waals surface area contributed by atoms with E-state index in [9.17, 15) is 14.9 Å². The second-order valence-corrected chi connectivity index (χ2v) is 6.58. The molecular weight excluding hydrogens is 292 g/mol. The van der Waals surface area contributed by atoms with Crippen LogP contribution in [-0.2, 0) is 19.7 Å². The highest BCUT2D eigenvalue weighted by atomic mass is 16.5. The lowest BCUT2D eigenvalue weighted by Crippen LogP contribution is -2.50. The van der Waals surface area contributed by atoms with Crippen molar-refractivity contribution in [2.24, 2.45) is 5.92 Å². The summed E-state index contributed by atoms with van der Waals surface area (Å²) in [6.45, 7) is 8.42. The smallest absolute Gasteiger partial charge is 0.316 e. The van der Waals surface area contributed by atoms with Crippen LogP contribution in [-0.4, -0.2) is 24.0 Å². The summed E-state index contributed by atoms with van der Waals surface area (Å²) in [6.07, 6.45) is 0. The quantitative estimate of drug-likeness (QED) is 0.818. The summed E-state index contributed by atoms with van der Waals surface area (Å²) >= 11 is 0. The van der Waals surface area contributed by atoms with E-state index in [4.69, 9.17) is 4.74 Å². The minimum absolute atomic E-state index is 0.0621. The third-order valence-electron chi connectivity index (χ3n) is 4.13. The molecular formula is C18H24N2O3. The molecule has 1 aromatic rings. The van der Waals surface area contributed by atoms with Crippen LogP contribution in [0.4, 0.5) is 0 Å². The van der Waals surface area contributed by atoms with Gasteiger partial charge in [0.1, 0.15) is 5.54 Å². The average molecular weight is 316 g/mol. The Balaban J connectivity index is 2.66. The molecule has 0 aromatic heterocycles. The Morgan fingerprint density at radius 1 is 1.22 bits per heavy atom. The molecule has 5 heteroatoms. The van der Waals surface area contributed by atoms with Gasteiger partial charge in [-0.15, -0.1) is 0 Å². The number of amides is 1. The van der Waals surface area contributed by atoms with Crippen molar-refractivity contribution in [3.05, 3.63) is 35.9 Å². The van der Waals surface area contributed by atoms with Crippen molar-refractivity contribution >= 4 is 11.9 Å². The van der Waals surface area contributed by atoms with Crippen LogP contribution in [0.3, 0.4) is 0 Å². The predicted molar refractivity (Wildman–Crippen MR) is 87.4 cm³/mol. The molecule has 0 aliphatic heterocycles. The molecule has 0 aliphatic rings. The second kappa shape index (κ2) is 7.28.